The number of ether oxygens (including phenoxy) is 2. The summed E-state index contributed by atoms with van der Waals surface area (Å²) in [5.74, 6) is -0.0552. The molecule has 0 saturated carbocycles. The van der Waals surface area contributed by atoms with Gasteiger partial charge in [-0.3, -0.25) is 0 Å². The molecule has 0 aliphatic rings. The quantitative estimate of drug-likeness (QED) is 0.608. The number of carbonyl (C=O) groups excluding carboxylic acids is 2. The highest BCUT2D eigenvalue weighted by Crippen LogP contribution is 2.25. The Kier molecular flexibility index (Phi) is 4.48. The third kappa shape index (κ3) is 3.58. The second-order valence-corrected chi connectivity index (χ2v) is 4.87. The van der Waals surface area contributed by atoms with Crippen molar-refractivity contribution >= 4 is 12.3 Å². The van der Waals surface area contributed by atoms with Crippen LogP contribution in [0, 0.1) is 0 Å². The van der Waals surface area contributed by atoms with Crippen molar-refractivity contribution < 1.29 is 19.1 Å². The van der Waals surface area contributed by atoms with Crippen molar-refractivity contribution in [1.82, 2.24) is 0 Å². The Balaban J connectivity index is 3.18. The molecule has 0 heterocycles. The van der Waals surface area contributed by atoms with Crippen LogP contribution in [0.3, 0.4) is 0 Å². The summed E-state index contributed by atoms with van der Waals surface area (Å²) in [4.78, 5) is 22.8. The summed E-state index contributed by atoms with van der Waals surface area (Å²) >= 11 is 0. The van der Waals surface area contributed by atoms with Crippen molar-refractivity contribution in [1.29, 1.82) is 0 Å². The predicted octanol–water partition coefficient (Wildman–Crippen LogP) is 2.39. The molecular weight excluding hydrogens is 232 g/mol. The fraction of sp³-hybridized carbons (Fsp3) is 0.429. The van der Waals surface area contributed by atoms with Gasteiger partial charge in [-0.05, 0) is 32.4 Å². The van der Waals surface area contributed by atoms with E-state index in [9.17, 15) is 9.59 Å². The minimum absolute atomic E-state index is 0.159. The Morgan fingerprint density at radius 3 is 2.50 bits per heavy atom. The van der Waals surface area contributed by atoms with E-state index in [1.54, 1.807) is 39.0 Å². The molecule has 4 heteroatoms. The van der Waals surface area contributed by atoms with Crippen LogP contribution in [0.1, 0.15) is 36.7 Å². The third-order valence-electron chi connectivity index (χ3n) is 2.24. The second-order valence-electron chi connectivity index (χ2n) is 4.87. The van der Waals surface area contributed by atoms with Gasteiger partial charge < -0.3 is 14.3 Å². The molecule has 0 amide bonds. The normalized spacial score (nSPS) is 10.9. The zero-order valence-corrected chi connectivity index (χ0v) is 11.1. The van der Waals surface area contributed by atoms with E-state index < -0.39 is 11.6 Å². The van der Waals surface area contributed by atoms with Gasteiger partial charge in [-0.1, -0.05) is 12.1 Å². The van der Waals surface area contributed by atoms with Crippen LogP contribution in [0.2, 0.25) is 0 Å². The molecule has 4 nitrogen and oxygen atoms in total. The van der Waals surface area contributed by atoms with E-state index in [0.29, 0.717) is 16.9 Å². The molecule has 0 aliphatic heterocycles. The van der Waals surface area contributed by atoms with Crippen molar-refractivity contribution in [2.24, 2.45) is 0 Å². The monoisotopic (exact) mass is 250 g/mol. The van der Waals surface area contributed by atoms with Gasteiger partial charge in [0.15, 0.2) is 0 Å². The van der Waals surface area contributed by atoms with Gasteiger partial charge in [0.25, 0.3) is 0 Å². The zero-order chi connectivity index (χ0) is 13.8. The molecule has 0 aromatic heterocycles. The SMILES string of the molecule is COc1cccc(CC=O)c1C(=O)OC(C)(C)C. The molecule has 1 aromatic carbocycles. The highest BCUT2D eigenvalue weighted by molar-refractivity contribution is 5.95. The number of hydrogen-bond donors (Lipinski definition) is 0. The Morgan fingerprint density at radius 1 is 1.33 bits per heavy atom. The van der Waals surface area contributed by atoms with Crippen molar-refractivity contribution in [3.8, 4) is 5.75 Å². The third-order valence-corrected chi connectivity index (χ3v) is 2.24. The first kappa shape index (κ1) is 14.2. The van der Waals surface area contributed by atoms with Crippen LogP contribution in [0.5, 0.6) is 5.75 Å². The summed E-state index contributed by atoms with van der Waals surface area (Å²) in [6.07, 6.45) is 0.911. The minimum atomic E-state index is -0.587. The van der Waals surface area contributed by atoms with Gasteiger partial charge in [0.2, 0.25) is 0 Å². The number of rotatable bonds is 4. The number of esters is 1. The number of hydrogen-bond acceptors (Lipinski definition) is 4. The van der Waals surface area contributed by atoms with E-state index in [2.05, 4.69) is 0 Å². The van der Waals surface area contributed by atoms with Crippen LogP contribution in [0.4, 0.5) is 0 Å². The maximum atomic E-state index is 12.1. The second kappa shape index (κ2) is 5.67. The van der Waals surface area contributed by atoms with Crippen LogP contribution in [0.15, 0.2) is 18.2 Å². The Morgan fingerprint density at radius 2 is 2.00 bits per heavy atom. The van der Waals surface area contributed by atoms with Crippen LogP contribution in [0.25, 0.3) is 0 Å². The van der Waals surface area contributed by atoms with Gasteiger partial charge in [-0.2, -0.15) is 0 Å². The fourth-order valence-corrected chi connectivity index (χ4v) is 1.57. The standard InChI is InChI=1S/C14H18O4/c1-14(2,3)18-13(16)12-10(8-9-15)6-5-7-11(12)17-4/h5-7,9H,8H2,1-4H3. The number of methoxy groups -OCH3 is 1. The van der Waals surface area contributed by atoms with Crippen molar-refractivity contribution in [2.75, 3.05) is 7.11 Å². The van der Waals surface area contributed by atoms with Crippen molar-refractivity contribution in [2.45, 2.75) is 32.8 Å². The molecule has 1 rings (SSSR count). The average molecular weight is 250 g/mol. The maximum Gasteiger partial charge on any atom is 0.342 e. The van der Waals surface area contributed by atoms with Gasteiger partial charge in [-0.15, -0.1) is 0 Å². The highest BCUT2D eigenvalue weighted by atomic mass is 16.6. The van der Waals surface area contributed by atoms with E-state index in [4.69, 9.17) is 9.47 Å². The summed E-state index contributed by atoms with van der Waals surface area (Å²) in [5.41, 5.74) is 0.344. The van der Waals surface area contributed by atoms with E-state index in [0.717, 1.165) is 6.29 Å². The summed E-state index contributed by atoms with van der Waals surface area (Å²) in [7, 11) is 1.48. The average Bonchev–Trinajstić information content (AvgIpc) is 2.26. The van der Waals surface area contributed by atoms with Crippen LogP contribution in [-0.4, -0.2) is 25.0 Å². The minimum Gasteiger partial charge on any atom is -0.496 e. The molecule has 0 aliphatic carbocycles. The molecule has 0 atom stereocenters. The predicted molar refractivity (Wildman–Crippen MR) is 67.9 cm³/mol. The van der Waals surface area contributed by atoms with Crippen LogP contribution >= 0.6 is 0 Å². The maximum absolute atomic E-state index is 12.1. The Bertz CT molecular complexity index is 444. The fourth-order valence-electron chi connectivity index (χ4n) is 1.57. The molecule has 0 N–H and O–H groups in total. The highest BCUT2D eigenvalue weighted by Gasteiger charge is 2.23. The van der Waals surface area contributed by atoms with Crippen molar-refractivity contribution in [3.63, 3.8) is 0 Å². The lowest BCUT2D eigenvalue weighted by Crippen LogP contribution is -2.25. The van der Waals surface area contributed by atoms with E-state index in [1.165, 1.54) is 7.11 Å². The Labute approximate surface area is 107 Å². The zero-order valence-electron chi connectivity index (χ0n) is 11.1. The summed E-state index contributed by atoms with van der Waals surface area (Å²) in [5, 5.41) is 0. The van der Waals surface area contributed by atoms with E-state index in [1.807, 2.05) is 0 Å². The van der Waals surface area contributed by atoms with E-state index in [-0.39, 0.29) is 6.42 Å². The number of benzene rings is 1. The van der Waals surface area contributed by atoms with Crippen LogP contribution in [-0.2, 0) is 16.0 Å². The molecule has 18 heavy (non-hydrogen) atoms. The first-order valence-electron chi connectivity index (χ1n) is 5.72. The van der Waals surface area contributed by atoms with Gasteiger partial charge in [0.1, 0.15) is 23.2 Å². The molecule has 98 valence electrons. The van der Waals surface area contributed by atoms with Crippen molar-refractivity contribution in [3.05, 3.63) is 29.3 Å². The lowest BCUT2D eigenvalue weighted by molar-refractivity contribution is -0.107. The first-order valence-corrected chi connectivity index (χ1v) is 5.72. The van der Waals surface area contributed by atoms with Crippen LogP contribution < -0.4 is 4.74 Å². The molecule has 0 radical (unpaired) electrons. The van der Waals surface area contributed by atoms with E-state index >= 15 is 0 Å². The lowest BCUT2D eigenvalue weighted by Gasteiger charge is -2.21. The van der Waals surface area contributed by atoms with Gasteiger partial charge in [-0.25, -0.2) is 4.79 Å². The summed E-state index contributed by atoms with van der Waals surface area (Å²) in [6.45, 7) is 5.37. The van der Waals surface area contributed by atoms with Gasteiger partial charge in [0, 0.05) is 6.42 Å². The molecule has 0 fully saturated rings. The smallest absolute Gasteiger partial charge is 0.342 e. The molecule has 0 unspecified atom stereocenters. The molecule has 1 aromatic rings. The molecule has 0 spiro atoms. The summed E-state index contributed by atoms with van der Waals surface area (Å²) in [6, 6.07) is 5.13. The van der Waals surface area contributed by atoms with Gasteiger partial charge in [0.05, 0.1) is 7.11 Å². The lowest BCUT2D eigenvalue weighted by atomic mass is 10.0. The number of carbonyl (C=O) groups is 2. The molecule has 0 saturated heterocycles. The van der Waals surface area contributed by atoms with Gasteiger partial charge >= 0.3 is 5.97 Å². The largest absolute Gasteiger partial charge is 0.496 e. The summed E-state index contributed by atoms with van der Waals surface area (Å²) < 4.78 is 10.5. The molecular formula is C14H18O4. The molecule has 0 bridgehead atoms. The number of aldehydes is 1. The first-order chi connectivity index (χ1) is 8.39. The topological polar surface area (TPSA) is 52.6 Å². The Hall–Kier alpha value is -1.84.